The van der Waals surface area contributed by atoms with Gasteiger partial charge in [-0.15, -0.1) is 0 Å². The Balaban J connectivity index is 1.15. The molecule has 4 aromatic rings. The minimum Gasteiger partial charge on any atom is -0.478 e. The van der Waals surface area contributed by atoms with Crippen molar-refractivity contribution in [1.82, 2.24) is 19.4 Å². The summed E-state index contributed by atoms with van der Waals surface area (Å²) in [6.07, 6.45) is 4.18. The van der Waals surface area contributed by atoms with Crippen LogP contribution in [0, 0.1) is 0 Å². The van der Waals surface area contributed by atoms with Crippen molar-refractivity contribution < 1.29 is 19.4 Å². The van der Waals surface area contributed by atoms with E-state index in [-0.39, 0.29) is 11.7 Å². The predicted octanol–water partition coefficient (Wildman–Crippen LogP) is 6.09. The Hall–Kier alpha value is -3.43. The second-order valence-corrected chi connectivity index (χ2v) is 10.9. The number of hydrogen-bond acceptors (Lipinski definition) is 6. The Labute approximate surface area is 241 Å². The molecule has 0 bridgehead atoms. The summed E-state index contributed by atoms with van der Waals surface area (Å²) in [4.78, 5) is 23.5. The summed E-state index contributed by atoms with van der Waals surface area (Å²) in [7, 11) is 0. The summed E-state index contributed by atoms with van der Waals surface area (Å²) in [5, 5.41) is 10.6. The lowest BCUT2D eigenvalue weighted by Crippen LogP contribution is -2.33. The van der Waals surface area contributed by atoms with Gasteiger partial charge in [0.15, 0.2) is 0 Å². The predicted molar refractivity (Wildman–Crippen MR) is 154 cm³/mol. The van der Waals surface area contributed by atoms with Crippen LogP contribution < -0.4 is 4.74 Å². The molecule has 1 saturated heterocycles. The highest BCUT2D eigenvalue weighted by Crippen LogP contribution is 2.27. The van der Waals surface area contributed by atoms with Crippen LogP contribution in [0.3, 0.4) is 0 Å². The number of aromatic carboxylic acids is 1. The smallest absolute Gasteiger partial charge is 0.335 e. The SMILES string of the molecule is O=C(O)c1ccc2nc(CN3CC=C(c4cccc(OCc5ccc(Cl)cc5Cl)n4)CC3)n(C[C@@H]3CCO3)c2c1. The van der Waals surface area contributed by atoms with Crippen LogP contribution in [0.1, 0.15) is 40.3 Å². The highest BCUT2D eigenvalue weighted by atomic mass is 35.5. The molecule has 0 unspecified atom stereocenters. The first kappa shape index (κ1) is 26.8. The van der Waals surface area contributed by atoms with Crippen molar-refractivity contribution >= 4 is 45.8 Å². The third-order valence-corrected chi connectivity index (χ3v) is 7.94. The first-order valence-electron chi connectivity index (χ1n) is 13.2. The second kappa shape index (κ2) is 11.6. The molecule has 1 fully saturated rings. The summed E-state index contributed by atoms with van der Waals surface area (Å²) >= 11 is 12.3. The van der Waals surface area contributed by atoms with Crippen LogP contribution in [-0.2, 0) is 24.4 Å². The maximum Gasteiger partial charge on any atom is 0.335 e. The first-order chi connectivity index (χ1) is 19.4. The van der Waals surface area contributed by atoms with Crippen molar-refractivity contribution in [3.63, 3.8) is 0 Å². The lowest BCUT2D eigenvalue weighted by atomic mass is 10.0. The molecule has 0 saturated carbocycles. The molecular formula is C30H28Cl2N4O4. The van der Waals surface area contributed by atoms with Crippen LogP contribution in [0.25, 0.3) is 16.6 Å². The molecule has 0 radical (unpaired) electrons. The summed E-state index contributed by atoms with van der Waals surface area (Å²) in [5.41, 5.74) is 4.81. The zero-order valence-electron chi connectivity index (χ0n) is 21.7. The third kappa shape index (κ3) is 5.86. The molecule has 2 aliphatic heterocycles. The number of hydrogen-bond donors (Lipinski definition) is 1. The lowest BCUT2D eigenvalue weighted by molar-refractivity contribution is -0.0591. The summed E-state index contributed by atoms with van der Waals surface area (Å²) in [6, 6.07) is 16.2. The minimum atomic E-state index is -0.943. The van der Waals surface area contributed by atoms with E-state index < -0.39 is 5.97 Å². The van der Waals surface area contributed by atoms with Gasteiger partial charge in [-0.1, -0.05) is 41.4 Å². The van der Waals surface area contributed by atoms with E-state index in [0.717, 1.165) is 60.7 Å². The molecule has 10 heteroatoms. The van der Waals surface area contributed by atoms with Crippen LogP contribution in [0.15, 0.2) is 60.7 Å². The zero-order chi connectivity index (χ0) is 27.6. The number of aromatic nitrogens is 3. The van der Waals surface area contributed by atoms with Gasteiger partial charge in [0.05, 0.1) is 41.5 Å². The maximum absolute atomic E-state index is 11.6. The second-order valence-electron chi connectivity index (χ2n) is 10.0. The highest BCUT2D eigenvalue weighted by Gasteiger charge is 2.24. The lowest BCUT2D eigenvalue weighted by Gasteiger charge is -2.29. The van der Waals surface area contributed by atoms with E-state index in [9.17, 15) is 9.90 Å². The van der Waals surface area contributed by atoms with Gasteiger partial charge in [-0.2, -0.15) is 0 Å². The highest BCUT2D eigenvalue weighted by molar-refractivity contribution is 6.35. The molecule has 1 N–H and O–H groups in total. The van der Waals surface area contributed by atoms with Gasteiger partial charge in [-0.25, -0.2) is 14.8 Å². The summed E-state index contributed by atoms with van der Waals surface area (Å²) in [6.45, 7) is 4.00. The van der Waals surface area contributed by atoms with Gasteiger partial charge in [0.1, 0.15) is 12.4 Å². The van der Waals surface area contributed by atoms with Gasteiger partial charge in [0, 0.05) is 41.4 Å². The molecule has 0 aliphatic carbocycles. The first-order valence-corrected chi connectivity index (χ1v) is 14.0. The van der Waals surface area contributed by atoms with E-state index in [2.05, 4.69) is 15.5 Å². The molecule has 8 nitrogen and oxygen atoms in total. The molecule has 1 atom stereocenters. The van der Waals surface area contributed by atoms with Crippen molar-refractivity contribution in [2.75, 3.05) is 19.7 Å². The standard InChI is InChI=1S/C30H28Cl2N4O4/c31-22-6-4-21(24(32)15-22)18-40-29-3-1-2-25(34-29)19-8-11-35(12-9-19)17-28-33-26-7-5-20(30(37)38)14-27(26)36(28)16-23-10-13-39-23/h1-8,14-15,23H,9-13,16-18H2,(H,37,38)/t23-/m0/s1. The molecule has 0 amide bonds. The normalized spacial score (nSPS) is 17.4. The topological polar surface area (TPSA) is 89.7 Å². The number of benzene rings is 2. The van der Waals surface area contributed by atoms with Crippen molar-refractivity contribution in [2.24, 2.45) is 0 Å². The Morgan fingerprint density at radius 2 is 2.00 bits per heavy atom. The number of nitrogens with zero attached hydrogens (tertiary/aromatic N) is 4. The molecule has 40 heavy (non-hydrogen) atoms. The van der Waals surface area contributed by atoms with E-state index in [1.165, 1.54) is 5.57 Å². The largest absolute Gasteiger partial charge is 0.478 e. The Morgan fingerprint density at radius 3 is 2.73 bits per heavy atom. The third-order valence-electron chi connectivity index (χ3n) is 7.36. The van der Waals surface area contributed by atoms with E-state index in [4.69, 9.17) is 42.6 Å². The molecule has 2 aromatic heterocycles. The number of rotatable bonds is 9. The zero-order valence-corrected chi connectivity index (χ0v) is 23.2. The van der Waals surface area contributed by atoms with E-state index in [0.29, 0.717) is 35.6 Å². The number of carboxylic acid groups (broad SMARTS) is 1. The van der Waals surface area contributed by atoms with Gasteiger partial charge >= 0.3 is 5.97 Å². The van der Waals surface area contributed by atoms with Crippen molar-refractivity contribution in [3.05, 3.63) is 93.4 Å². The van der Waals surface area contributed by atoms with E-state index in [1.54, 1.807) is 30.3 Å². The fraction of sp³-hybridized carbons (Fsp3) is 0.300. The molecular weight excluding hydrogens is 551 g/mol. The average Bonchev–Trinajstić information content (AvgIpc) is 3.26. The molecule has 2 aromatic carbocycles. The van der Waals surface area contributed by atoms with Gasteiger partial charge in [0.25, 0.3) is 0 Å². The Morgan fingerprint density at radius 1 is 1.12 bits per heavy atom. The van der Waals surface area contributed by atoms with Crippen LogP contribution in [-0.4, -0.2) is 56.3 Å². The van der Waals surface area contributed by atoms with Gasteiger partial charge < -0.3 is 19.1 Å². The minimum absolute atomic E-state index is 0.133. The molecule has 206 valence electrons. The Kier molecular flexibility index (Phi) is 7.76. The maximum atomic E-state index is 11.6. The number of carboxylic acids is 1. The monoisotopic (exact) mass is 578 g/mol. The number of imidazole rings is 1. The number of pyridine rings is 1. The van der Waals surface area contributed by atoms with Crippen molar-refractivity contribution in [2.45, 2.75) is 38.6 Å². The number of carbonyl (C=O) groups is 1. The van der Waals surface area contributed by atoms with Crippen LogP contribution in [0.5, 0.6) is 5.88 Å². The average molecular weight is 579 g/mol. The van der Waals surface area contributed by atoms with Crippen LogP contribution in [0.4, 0.5) is 0 Å². The van der Waals surface area contributed by atoms with E-state index in [1.807, 2.05) is 24.3 Å². The summed E-state index contributed by atoms with van der Waals surface area (Å²) < 4.78 is 13.7. The van der Waals surface area contributed by atoms with Gasteiger partial charge in [-0.05, 0) is 54.8 Å². The fourth-order valence-electron chi connectivity index (χ4n) is 5.01. The molecule has 2 aliphatic rings. The molecule has 6 rings (SSSR count). The Bertz CT molecular complexity index is 1600. The van der Waals surface area contributed by atoms with Gasteiger partial charge in [-0.3, -0.25) is 4.90 Å². The quantitative estimate of drug-likeness (QED) is 0.257. The number of halogens is 2. The fourth-order valence-corrected chi connectivity index (χ4v) is 5.48. The van der Waals surface area contributed by atoms with Crippen LogP contribution >= 0.6 is 23.2 Å². The van der Waals surface area contributed by atoms with Crippen molar-refractivity contribution in [3.8, 4) is 5.88 Å². The molecule has 4 heterocycles. The number of fused-ring (bicyclic) bond motifs is 1. The number of ether oxygens (including phenoxy) is 2. The molecule has 0 spiro atoms. The van der Waals surface area contributed by atoms with Gasteiger partial charge in [0.2, 0.25) is 5.88 Å². The summed E-state index contributed by atoms with van der Waals surface area (Å²) in [5.74, 6) is 0.514. The van der Waals surface area contributed by atoms with Crippen molar-refractivity contribution in [1.29, 1.82) is 0 Å². The van der Waals surface area contributed by atoms with E-state index >= 15 is 0 Å². The van der Waals surface area contributed by atoms with Crippen LogP contribution in [0.2, 0.25) is 10.0 Å².